The van der Waals surface area contributed by atoms with Crippen molar-refractivity contribution >= 4 is 5.69 Å². The van der Waals surface area contributed by atoms with Gasteiger partial charge in [-0.2, -0.15) is 0 Å². The van der Waals surface area contributed by atoms with E-state index >= 15 is 0 Å². The largest absolute Gasteiger partial charge is 0.475 e. The molecule has 0 atom stereocenters. The van der Waals surface area contributed by atoms with E-state index in [0.717, 1.165) is 6.61 Å². The van der Waals surface area contributed by atoms with E-state index in [9.17, 15) is 0 Å². The highest BCUT2D eigenvalue weighted by Gasteiger charge is 1.97. The van der Waals surface area contributed by atoms with Gasteiger partial charge in [-0.25, -0.2) is 4.98 Å². The Morgan fingerprint density at radius 2 is 2.20 bits per heavy atom. The maximum atomic E-state index is 5.58. The molecule has 0 unspecified atom stereocenters. The summed E-state index contributed by atoms with van der Waals surface area (Å²) < 4.78 is 10.7. The molecule has 84 valence electrons. The summed E-state index contributed by atoms with van der Waals surface area (Å²) in [6, 6.07) is 3.42. The van der Waals surface area contributed by atoms with Gasteiger partial charge in [-0.3, -0.25) is 0 Å². The number of aromatic nitrogens is 1. The van der Waals surface area contributed by atoms with Crippen LogP contribution in [0.1, 0.15) is 13.8 Å². The lowest BCUT2D eigenvalue weighted by atomic mass is 10.2. The first-order chi connectivity index (χ1) is 7.18. The van der Waals surface area contributed by atoms with E-state index in [0.29, 0.717) is 30.7 Å². The van der Waals surface area contributed by atoms with Crippen molar-refractivity contribution in [1.82, 2.24) is 4.98 Å². The lowest BCUT2D eigenvalue weighted by Gasteiger charge is -2.08. The number of nitrogens with zero attached hydrogens (tertiary/aromatic N) is 1. The Bertz CT molecular complexity index is 290. The Kier molecular flexibility index (Phi) is 4.90. The average molecular weight is 210 g/mol. The van der Waals surface area contributed by atoms with E-state index in [1.807, 2.05) is 0 Å². The summed E-state index contributed by atoms with van der Waals surface area (Å²) in [6.07, 6.45) is 1.62. The molecule has 0 radical (unpaired) electrons. The van der Waals surface area contributed by atoms with E-state index in [1.54, 1.807) is 18.3 Å². The van der Waals surface area contributed by atoms with Gasteiger partial charge in [0.05, 0.1) is 6.61 Å². The van der Waals surface area contributed by atoms with E-state index in [2.05, 4.69) is 18.8 Å². The van der Waals surface area contributed by atoms with Gasteiger partial charge in [0.1, 0.15) is 6.61 Å². The molecule has 15 heavy (non-hydrogen) atoms. The predicted molar refractivity (Wildman–Crippen MR) is 59.8 cm³/mol. The Hall–Kier alpha value is -1.29. The van der Waals surface area contributed by atoms with Crippen molar-refractivity contribution in [2.24, 2.45) is 5.92 Å². The molecule has 1 aromatic heterocycles. The van der Waals surface area contributed by atoms with Gasteiger partial charge >= 0.3 is 0 Å². The van der Waals surface area contributed by atoms with Crippen LogP contribution in [-0.2, 0) is 4.74 Å². The number of nitrogens with two attached hydrogens (primary N) is 1. The number of anilines is 1. The first-order valence-electron chi connectivity index (χ1n) is 5.10. The number of rotatable bonds is 6. The summed E-state index contributed by atoms with van der Waals surface area (Å²) in [7, 11) is 0. The van der Waals surface area contributed by atoms with Crippen LogP contribution in [0.4, 0.5) is 5.69 Å². The minimum Gasteiger partial charge on any atom is -0.475 e. The van der Waals surface area contributed by atoms with Gasteiger partial charge in [-0.15, -0.1) is 0 Å². The molecule has 2 N–H and O–H groups in total. The molecule has 0 aliphatic carbocycles. The molecule has 0 aromatic carbocycles. The normalized spacial score (nSPS) is 10.6. The lowest BCUT2D eigenvalue weighted by Crippen LogP contribution is -2.10. The minimum absolute atomic E-state index is 0.503. The van der Waals surface area contributed by atoms with Gasteiger partial charge in [0, 0.05) is 24.6 Å². The van der Waals surface area contributed by atoms with Crippen LogP contribution in [0.3, 0.4) is 0 Å². The quantitative estimate of drug-likeness (QED) is 0.726. The second-order valence-electron chi connectivity index (χ2n) is 3.74. The molecule has 0 saturated heterocycles. The minimum atomic E-state index is 0.503. The first-order valence-corrected chi connectivity index (χ1v) is 5.10. The topological polar surface area (TPSA) is 57.4 Å². The smallest absolute Gasteiger partial charge is 0.215 e. The summed E-state index contributed by atoms with van der Waals surface area (Å²) in [5.74, 6) is 1.10. The molecule has 1 aromatic rings. The SMILES string of the molecule is CC(C)COCCOc1cc(N)ccn1. The number of ether oxygens (including phenoxy) is 2. The van der Waals surface area contributed by atoms with Crippen molar-refractivity contribution in [3.05, 3.63) is 18.3 Å². The van der Waals surface area contributed by atoms with E-state index in [-0.39, 0.29) is 0 Å². The standard InChI is InChI=1S/C11H18N2O2/c1-9(2)8-14-5-6-15-11-7-10(12)3-4-13-11/h3-4,7,9H,5-6,8H2,1-2H3,(H2,12,13). The van der Waals surface area contributed by atoms with Gasteiger partial charge in [-0.05, 0) is 12.0 Å². The van der Waals surface area contributed by atoms with Crippen LogP contribution in [0.15, 0.2) is 18.3 Å². The molecule has 0 spiro atoms. The maximum Gasteiger partial charge on any atom is 0.215 e. The first kappa shape index (κ1) is 11.8. The third-order valence-corrected chi connectivity index (χ3v) is 1.69. The fourth-order valence-corrected chi connectivity index (χ4v) is 1.03. The van der Waals surface area contributed by atoms with Crippen molar-refractivity contribution in [3.8, 4) is 5.88 Å². The second kappa shape index (κ2) is 6.24. The Labute approximate surface area is 90.4 Å². The highest BCUT2D eigenvalue weighted by Crippen LogP contribution is 2.09. The molecule has 0 fully saturated rings. The van der Waals surface area contributed by atoms with Crippen molar-refractivity contribution in [1.29, 1.82) is 0 Å². The maximum absolute atomic E-state index is 5.58. The predicted octanol–water partition coefficient (Wildman–Crippen LogP) is 1.72. The van der Waals surface area contributed by atoms with Gasteiger partial charge in [0.25, 0.3) is 0 Å². The zero-order valence-corrected chi connectivity index (χ0v) is 9.27. The van der Waals surface area contributed by atoms with Crippen LogP contribution in [-0.4, -0.2) is 24.8 Å². The zero-order valence-electron chi connectivity index (χ0n) is 9.27. The number of pyridine rings is 1. The Morgan fingerprint density at radius 1 is 1.40 bits per heavy atom. The van der Waals surface area contributed by atoms with Gasteiger partial charge in [-0.1, -0.05) is 13.8 Å². The van der Waals surface area contributed by atoms with Crippen LogP contribution >= 0.6 is 0 Å². The van der Waals surface area contributed by atoms with Gasteiger partial charge < -0.3 is 15.2 Å². The third-order valence-electron chi connectivity index (χ3n) is 1.69. The molecule has 4 nitrogen and oxygen atoms in total. The highest BCUT2D eigenvalue weighted by atomic mass is 16.5. The molecular formula is C11H18N2O2. The highest BCUT2D eigenvalue weighted by molar-refractivity contribution is 5.39. The molecule has 1 rings (SSSR count). The van der Waals surface area contributed by atoms with E-state index in [4.69, 9.17) is 15.2 Å². The van der Waals surface area contributed by atoms with Crippen molar-refractivity contribution in [2.75, 3.05) is 25.6 Å². The van der Waals surface area contributed by atoms with Gasteiger partial charge in [0.2, 0.25) is 5.88 Å². The molecule has 4 heteroatoms. The fraction of sp³-hybridized carbons (Fsp3) is 0.545. The van der Waals surface area contributed by atoms with Crippen LogP contribution in [0.25, 0.3) is 0 Å². The summed E-state index contributed by atoms with van der Waals surface area (Å²) in [5, 5.41) is 0. The van der Waals surface area contributed by atoms with E-state index in [1.165, 1.54) is 0 Å². The Morgan fingerprint density at radius 3 is 2.87 bits per heavy atom. The molecular weight excluding hydrogens is 192 g/mol. The van der Waals surface area contributed by atoms with Crippen LogP contribution in [0, 0.1) is 5.92 Å². The summed E-state index contributed by atoms with van der Waals surface area (Å²) in [5.41, 5.74) is 6.23. The fourth-order valence-electron chi connectivity index (χ4n) is 1.03. The molecule has 0 amide bonds. The molecule has 0 saturated carbocycles. The van der Waals surface area contributed by atoms with Crippen LogP contribution in [0.5, 0.6) is 5.88 Å². The summed E-state index contributed by atoms with van der Waals surface area (Å²) >= 11 is 0. The average Bonchev–Trinajstić information content (AvgIpc) is 2.17. The zero-order chi connectivity index (χ0) is 11.1. The van der Waals surface area contributed by atoms with Gasteiger partial charge in [0.15, 0.2) is 0 Å². The number of hydrogen-bond acceptors (Lipinski definition) is 4. The van der Waals surface area contributed by atoms with Crippen LogP contribution in [0.2, 0.25) is 0 Å². The lowest BCUT2D eigenvalue weighted by molar-refractivity contribution is 0.0806. The summed E-state index contributed by atoms with van der Waals surface area (Å²) in [6.45, 7) is 6.06. The molecule has 0 aliphatic heterocycles. The molecule has 1 heterocycles. The van der Waals surface area contributed by atoms with Crippen molar-refractivity contribution < 1.29 is 9.47 Å². The number of hydrogen-bond donors (Lipinski definition) is 1. The van der Waals surface area contributed by atoms with Crippen molar-refractivity contribution in [3.63, 3.8) is 0 Å². The monoisotopic (exact) mass is 210 g/mol. The molecule has 0 bridgehead atoms. The second-order valence-corrected chi connectivity index (χ2v) is 3.74. The summed E-state index contributed by atoms with van der Waals surface area (Å²) in [4.78, 5) is 4.01. The van der Waals surface area contributed by atoms with E-state index < -0.39 is 0 Å². The third kappa shape index (κ3) is 5.22. The van der Waals surface area contributed by atoms with Crippen molar-refractivity contribution in [2.45, 2.75) is 13.8 Å². The Balaban J connectivity index is 2.15. The number of nitrogen functional groups attached to an aromatic ring is 1. The van der Waals surface area contributed by atoms with Crippen LogP contribution < -0.4 is 10.5 Å². The molecule has 0 aliphatic rings.